The van der Waals surface area contributed by atoms with E-state index in [0.29, 0.717) is 6.61 Å². The molecule has 0 saturated carbocycles. The van der Waals surface area contributed by atoms with E-state index in [1.807, 2.05) is 42.6 Å². The fourth-order valence-electron chi connectivity index (χ4n) is 4.20. The van der Waals surface area contributed by atoms with Crippen LogP contribution in [-0.2, 0) is 11.2 Å². The largest absolute Gasteiger partial charge is 0.493 e. The Balaban J connectivity index is 1.37. The molecule has 4 rings (SSSR count). The van der Waals surface area contributed by atoms with E-state index in [-0.39, 0.29) is 12.3 Å². The average molecular weight is 465 g/mol. The molecular formula is C26H32N4O2S. The molecule has 7 heteroatoms. The van der Waals surface area contributed by atoms with E-state index in [0.717, 1.165) is 60.4 Å². The fraction of sp³-hybridized carbons (Fsp3) is 0.385. The fourth-order valence-corrected chi connectivity index (χ4v) is 5.05. The van der Waals surface area contributed by atoms with Crippen LogP contribution < -0.4 is 15.0 Å². The average Bonchev–Trinajstić information content (AvgIpc) is 3.28. The lowest BCUT2D eigenvalue weighted by atomic mass is 10.1. The first-order chi connectivity index (χ1) is 16.1. The first kappa shape index (κ1) is 23.3. The number of hydrogen-bond acceptors (Lipinski definition) is 6. The maximum atomic E-state index is 12.7. The summed E-state index contributed by atoms with van der Waals surface area (Å²) < 4.78 is 5.72. The van der Waals surface area contributed by atoms with Crippen molar-refractivity contribution < 1.29 is 9.53 Å². The molecule has 33 heavy (non-hydrogen) atoms. The molecule has 0 spiro atoms. The Bertz CT molecular complexity index is 1090. The Labute approximate surface area is 200 Å². The second-order valence-corrected chi connectivity index (χ2v) is 9.08. The van der Waals surface area contributed by atoms with E-state index in [9.17, 15) is 4.79 Å². The summed E-state index contributed by atoms with van der Waals surface area (Å²) >= 11 is 1.53. The van der Waals surface area contributed by atoms with E-state index >= 15 is 0 Å². The minimum Gasteiger partial charge on any atom is -0.493 e. The van der Waals surface area contributed by atoms with E-state index in [4.69, 9.17) is 4.74 Å². The molecule has 1 saturated heterocycles. The zero-order valence-electron chi connectivity index (χ0n) is 19.6. The number of carbonyl (C=O) groups is 1. The van der Waals surface area contributed by atoms with Crippen LogP contribution in [0.2, 0.25) is 0 Å². The number of hydrogen-bond donors (Lipinski definition) is 1. The lowest BCUT2D eigenvalue weighted by Crippen LogP contribution is -2.46. The zero-order valence-corrected chi connectivity index (χ0v) is 20.5. The molecule has 2 aromatic carbocycles. The normalized spacial score (nSPS) is 14.3. The van der Waals surface area contributed by atoms with Crippen molar-refractivity contribution >= 4 is 28.6 Å². The van der Waals surface area contributed by atoms with Crippen molar-refractivity contribution in [2.45, 2.75) is 27.2 Å². The van der Waals surface area contributed by atoms with Gasteiger partial charge in [0.25, 0.3) is 0 Å². The predicted molar refractivity (Wildman–Crippen MR) is 137 cm³/mol. The van der Waals surface area contributed by atoms with Crippen LogP contribution in [0, 0.1) is 6.92 Å². The number of benzene rings is 2. The summed E-state index contributed by atoms with van der Waals surface area (Å²) in [6, 6.07) is 14.1. The topological polar surface area (TPSA) is 57.7 Å². The summed E-state index contributed by atoms with van der Waals surface area (Å²) in [7, 11) is 0. The quantitative estimate of drug-likeness (QED) is 0.517. The number of aryl methyl sites for hydroxylation is 1. The van der Waals surface area contributed by atoms with E-state index in [1.54, 1.807) is 0 Å². The van der Waals surface area contributed by atoms with Crippen LogP contribution in [0.4, 0.5) is 11.4 Å². The predicted octanol–water partition coefficient (Wildman–Crippen LogP) is 4.84. The van der Waals surface area contributed by atoms with Gasteiger partial charge in [0, 0.05) is 42.9 Å². The number of amides is 1. The molecule has 1 amide bonds. The molecule has 0 radical (unpaired) electrons. The number of piperazine rings is 1. The molecule has 0 unspecified atom stereocenters. The second-order valence-electron chi connectivity index (χ2n) is 8.22. The number of thiazole rings is 1. The molecular weight excluding hydrogens is 432 g/mol. The Morgan fingerprint density at radius 2 is 1.91 bits per heavy atom. The molecule has 0 atom stereocenters. The summed E-state index contributed by atoms with van der Waals surface area (Å²) in [6.45, 7) is 12.3. The third kappa shape index (κ3) is 5.72. The van der Waals surface area contributed by atoms with Gasteiger partial charge < -0.3 is 19.9 Å². The first-order valence-corrected chi connectivity index (χ1v) is 12.5. The van der Waals surface area contributed by atoms with Gasteiger partial charge in [0.2, 0.25) is 5.91 Å². The van der Waals surface area contributed by atoms with Gasteiger partial charge in [0.15, 0.2) is 0 Å². The van der Waals surface area contributed by atoms with E-state index in [2.05, 4.69) is 46.1 Å². The Hall–Kier alpha value is -2.90. The summed E-state index contributed by atoms with van der Waals surface area (Å²) in [6.07, 6.45) is 0.243. The lowest BCUT2D eigenvalue weighted by molar-refractivity contribution is -0.115. The van der Waals surface area contributed by atoms with Crippen molar-refractivity contribution in [1.29, 1.82) is 0 Å². The standard InChI is InChI=1S/C26H32N4O2S/c1-4-29-12-14-30(15-13-29)23-11-10-20(16-19(23)3)27-25(31)17-21-18-33-26(28-21)22-8-6-7-9-24(22)32-5-2/h6-11,16,18H,4-5,12-15,17H2,1-3H3,(H,27,31). The molecule has 1 fully saturated rings. The number of para-hydroxylation sites is 1. The highest BCUT2D eigenvalue weighted by Gasteiger charge is 2.18. The van der Waals surface area contributed by atoms with Crippen molar-refractivity contribution in [3.8, 4) is 16.3 Å². The smallest absolute Gasteiger partial charge is 0.230 e. The minimum atomic E-state index is -0.0614. The van der Waals surface area contributed by atoms with Crippen LogP contribution in [0.25, 0.3) is 10.6 Å². The highest BCUT2D eigenvalue weighted by Crippen LogP contribution is 2.32. The zero-order chi connectivity index (χ0) is 23.2. The number of carbonyl (C=O) groups excluding carboxylic acids is 1. The number of nitrogens with one attached hydrogen (secondary N) is 1. The van der Waals surface area contributed by atoms with Crippen LogP contribution in [0.1, 0.15) is 25.1 Å². The van der Waals surface area contributed by atoms with Crippen LogP contribution >= 0.6 is 11.3 Å². The summed E-state index contributed by atoms with van der Waals surface area (Å²) in [5.41, 5.74) is 4.98. The molecule has 1 N–H and O–H groups in total. The van der Waals surface area contributed by atoms with Gasteiger partial charge in [0.1, 0.15) is 10.8 Å². The molecule has 2 heterocycles. The highest BCUT2D eigenvalue weighted by molar-refractivity contribution is 7.13. The molecule has 1 aliphatic rings. The minimum absolute atomic E-state index is 0.0614. The molecule has 1 aliphatic heterocycles. The number of ether oxygens (including phenoxy) is 1. The van der Waals surface area contributed by atoms with Crippen molar-refractivity contribution in [3.63, 3.8) is 0 Å². The van der Waals surface area contributed by atoms with E-state index < -0.39 is 0 Å². The Morgan fingerprint density at radius 3 is 2.64 bits per heavy atom. The van der Waals surface area contributed by atoms with Gasteiger partial charge in [0.05, 0.1) is 24.3 Å². The van der Waals surface area contributed by atoms with Gasteiger partial charge in [-0.3, -0.25) is 4.79 Å². The number of aromatic nitrogens is 1. The summed E-state index contributed by atoms with van der Waals surface area (Å²) in [5, 5.41) is 5.84. The van der Waals surface area contributed by atoms with Gasteiger partial charge in [-0.2, -0.15) is 0 Å². The van der Waals surface area contributed by atoms with Gasteiger partial charge in [-0.25, -0.2) is 4.98 Å². The van der Waals surface area contributed by atoms with Gasteiger partial charge in [-0.15, -0.1) is 11.3 Å². The maximum Gasteiger partial charge on any atom is 0.230 e. The monoisotopic (exact) mass is 464 g/mol. The number of likely N-dealkylation sites (N-methyl/N-ethyl adjacent to an activating group) is 1. The van der Waals surface area contributed by atoms with Gasteiger partial charge in [-0.05, 0) is 56.3 Å². The van der Waals surface area contributed by atoms with Crippen LogP contribution in [0.15, 0.2) is 47.8 Å². The number of nitrogens with zero attached hydrogens (tertiary/aromatic N) is 3. The SMILES string of the molecule is CCOc1ccccc1-c1nc(CC(=O)Nc2ccc(N3CCN(CC)CC3)c(C)c2)cs1. The van der Waals surface area contributed by atoms with Crippen molar-refractivity contribution in [1.82, 2.24) is 9.88 Å². The lowest BCUT2D eigenvalue weighted by Gasteiger charge is -2.36. The molecule has 0 aliphatic carbocycles. The molecule has 0 bridgehead atoms. The van der Waals surface area contributed by atoms with E-state index in [1.165, 1.54) is 22.6 Å². The van der Waals surface area contributed by atoms with Gasteiger partial charge in [-0.1, -0.05) is 19.1 Å². The van der Waals surface area contributed by atoms with Gasteiger partial charge >= 0.3 is 0 Å². The molecule has 6 nitrogen and oxygen atoms in total. The highest BCUT2D eigenvalue weighted by atomic mass is 32.1. The number of rotatable bonds is 8. The van der Waals surface area contributed by atoms with Crippen molar-refractivity contribution in [3.05, 3.63) is 59.1 Å². The first-order valence-electron chi connectivity index (χ1n) is 11.6. The summed E-state index contributed by atoms with van der Waals surface area (Å²) in [4.78, 5) is 22.3. The Kier molecular flexibility index (Phi) is 7.62. The third-order valence-corrected chi connectivity index (χ3v) is 6.88. The third-order valence-electron chi connectivity index (χ3n) is 5.95. The Morgan fingerprint density at radius 1 is 1.12 bits per heavy atom. The maximum absolute atomic E-state index is 12.7. The van der Waals surface area contributed by atoms with Crippen LogP contribution in [0.5, 0.6) is 5.75 Å². The molecule has 174 valence electrons. The van der Waals surface area contributed by atoms with Crippen LogP contribution in [0.3, 0.4) is 0 Å². The van der Waals surface area contributed by atoms with Crippen LogP contribution in [-0.4, -0.2) is 55.1 Å². The molecule has 1 aromatic heterocycles. The summed E-state index contributed by atoms with van der Waals surface area (Å²) in [5.74, 6) is 0.755. The second kappa shape index (κ2) is 10.8. The van der Waals surface area contributed by atoms with Crippen molar-refractivity contribution in [2.75, 3.05) is 49.5 Å². The number of anilines is 2. The molecule has 3 aromatic rings. The van der Waals surface area contributed by atoms with Crippen molar-refractivity contribution in [2.24, 2.45) is 0 Å².